The van der Waals surface area contributed by atoms with E-state index >= 15 is 0 Å². The number of nitrogens with zero attached hydrogens (tertiary/aromatic N) is 1. The van der Waals surface area contributed by atoms with Crippen molar-refractivity contribution >= 4 is 5.97 Å². The molecule has 18 heavy (non-hydrogen) atoms. The van der Waals surface area contributed by atoms with E-state index in [1.165, 1.54) is 0 Å². The second kappa shape index (κ2) is 6.55. The first-order valence-electron chi connectivity index (χ1n) is 5.94. The molecule has 0 aliphatic carbocycles. The maximum Gasteiger partial charge on any atom is 0.337 e. The molecule has 94 valence electrons. The lowest BCUT2D eigenvalue weighted by molar-refractivity contribution is 0.0695. The molecule has 0 radical (unpaired) electrons. The van der Waals surface area contributed by atoms with Crippen molar-refractivity contribution in [2.75, 3.05) is 0 Å². The number of hydrogen-bond acceptors (Lipinski definition) is 2. The van der Waals surface area contributed by atoms with Crippen LogP contribution in [-0.2, 0) is 0 Å². The SMILES string of the molecule is CC.Cc1ncc(-c2ccccc2)cc1C(=O)O. The zero-order valence-electron chi connectivity index (χ0n) is 10.8. The number of benzene rings is 1. The maximum atomic E-state index is 11.0. The molecule has 1 aromatic heterocycles. The largest absolute Gasteiger partial charge is 0.478 e. The van der Waals surface area contributed by atoms with Crippen molar-refractivity contribution in [1.82, 2.24) is 4.98 Å². The summed E-state index contributed by atoms with van der Waals surface area (Å²) in [4.78, 5) is 15.1. The fraction of sp³-hybridized carbons (Fsp3) is 0.200. The molecule has 0 aliphatic heterocycles. The highest BCUT2D eigenvalue weighted by atomic mass is 16.4. The van der Waals surface area contributed by atoms with E-state index in [4.69, 9.17) is 5.11 Å². The lowest BCUT2D eigenvalue weighted by Gasteiger charge is -2.04. The predicted octanol–water partition coefficient (Wildman–Crippen LogP) is 3.78. The van der Waals surface area contributed by atoms with Crippen molar-refractivity contribution in [3.63, 3.8) is 0 Å². The van der Waals surface area contributed by atoms with Gasteiger partial charge in [0, 0.05) is 11.8 Å². The van der Waals surface area contributed by atoms with Crippen LogP contribution in [0.4, 0.5) is 0 Å². The van der Waals surface area contributed by atoms with Crippen LogP contribution in [0.5, 0.6) is 0 Å². The van der Waals surface area contributed by atoms with Gasteiger partial charge in [0.2, 0.25) is 0 Å². The third-order valence-electron chi connectivity index (χ3n) is 2.42. The quantitative estimate of drug-likeness (QED) is 0.873. The van der Waals surface area contributed by atoms with Crippen LogP contribution in [0.3, 0.4) is 0 Å². The molecule has 3 nitrogen and oxygen atoms in total. The third kappa shape index (κ3) is 3.17. The van der Waals surface area contributed by atoms with E-state index in [0.29, 0.717) is 5.69 Å². The van der Waals surface area contributed by atoms with Gasteiger partial charge in [-0.2, -0.15) is 0 Å². The van der Waals surface area contributed by atoms with Crippen molar-refractivity contribution in [3.8, 4) is 11.1 Å². The number of aromatic carboxylic acids is 1. The molecule has 2 aromatic rings. The van der Waals surface area contributed by atoms with Crippen LogP contribution >= 0.6 is 0 Å². The summed E-state index contributed by atoms with van der Waals surface area (Å²) in [7, 11) is 0. The molecular formula is C15H17NO2. The molecule has 0 aliphatic rings. The maximum absolute atomic E-state index is 11.0. The van der Waals surface area contributed by atoms with Gasteiger partial charge in [-0.1, -0.05) is 44.2 Å². The summed E-state index contributed by atoms with van der Waals surface area (Å²) in [6.45, 7) is 5.69. The minimum Gasteiger partial charge on any atom is -0.478 e. The van der Waals surface area contributed by atoms with Crippen LogP contribution in [0.1, 0.15) is 29.9 Å². The Hall–Kier alpha value is -2.16. The van der Waals surface area contributed by atoms with Gasteiger partial charge in [-0.15, -0.1) is 0 Å². The summed E-state index contributed by atoms with van der Waals surface area (Å²) in [5.41, 5.74) is 2.58. The van der Waals surface area contributed by atoms with E-state index in [1.807, 2.05) is 44.2 Å². The molecular weight excluding hydrogens is 226 g/mol. The zero-order valence-corrected chi connectivity index (χ0v) is 10.8. The molecule has 3 heteroatoms. The van der Waals surface area contributed by atoms with Crippen molar-refractivity contribution in [2.45, 2.75) is 20.8 Å². The topological polar surface area (TPSA) is 50.2 Å². The van der Waals surface area contributed by atoms with Gasteiger partial charge in [0.25, 0.3) is 0 Å². The lowest BCUT2D eigenvalue weighted by atomic mass is 10.0. The molecule has 0 saturated heterocycles. The molecule has 0 bridgehead atoms. The molecule has 1 heterocycles. The summed E-state index contributed by atoms with van der Waals surface area (Å²) in [6, 6.07) is 11.3. The highest BCUT2D eigenvalue weighted by Crippen LogP contribution is 2.20. The number of pyridine rings is 1. The Morgan fingerprint density at radius 1 is 1.11 bits per heavy atom. The van der Waals surface area contributed by atoms with Crippen LogP contribution < -0.4 is 0 Å². The normalized spacial score (nSPS) is 9.28. The lowest BCUT2D eigenvalue weighted by Crippen LogP contribution is -2.01. The van der Waals surface area contributed by atoms with Crippen molar-refractivity contribution in [2.24, 2.45) is 0 Å². The Morgan fingerprint density at radius 3 is 2.28 bits per heavy atom. The predicted molar refractivity (Wildman–Crippen MR) is 72.7 cm³/mol. The molecule has 0 unspecified atom stereocenters. The first-order valence-corrected chi connectivity index (χ1v) is 5.94. The smallest absolute Gasteiger partial charge is 0.337 e. The fourth-order valence-corrected chi connectivity index (χ4v) is 1.54. The van der Waals surface area contributed by atoms with Gasteiger partial charge in [0.15, 0.2) is 0 Å². The van der Waals surface area contributed by atoms with E-state index in [9.17, 15) is 4.79 Å². The van der Waals surface area contributed by atoms with Crippen LogP contribution in [0.2, 0.25) is 0 Å². The standard InChI is InChI=1S/C13H11NO2.C2H6/c1-9-12(13(15)16)7-11(8-14-9)10-5-3-2-4-6-10;1-2/h2-8H,1H3,(H,15,16);1-2H3. The van der Waals surface area contributed by atoms with Gasteiger partial charge in [0.05, 0.1) is 11.3 Å². The number of carboxylic acids is 1. The number of hydrogen-bond donors (Lipinski definition) is 1. The zero-order chi connectivity index (χ0) is 13.5. The summed E-state index contributed by atoms with van der Waals surface area (Å²) in [5.74, 6) is -0.942. The van der Waals surface area contributed by atoms with E-state index in [0.717, 1.165) is 11.1 Å². The summed E-state index contributed by atoms with van der Waals surface area (Å²) >= 11 is 0. The van der Waals surface area contributed by atoms with E-state index in [2.05, 4.69) is 4.98 Å². The van der Waals surface area contributed by atoms with Crippen LogP contribution in [-0.4, -0.2) is 16.1 Å². The van der Waals surface area contributed by atoms with Gasteiger partial charge in [-0.3, -0.25) is 4.98 Å². The summed E-state index contributed by atoms with van der Waals surface area (Å²) in [6.07, 6.45) is 1.69. The van der Waals surface area contributed by atoms with Crippen molar-refractivity contribution in [1.29, 1.82) is 0 Å². The average molecular weight is 243 g/mol. The van der Waals surface area contributed by atoms with E-state index < -0.39 is 5.97 Å². The Balaban J connectivity index is 0.000000771. The number of carbonyl (C=O) groups is 1. The highest BCUT2D eigenvalue weighted by Gasteiger charge is 2.09. The van der Waals surface area contributed by atoms with Crippen LogP contribution in [0.15, 0.2) is 42.6 Å². The Kier molecular flexibility index (Phi) is 5.06. The molecule has 2 rings (SSSR count). The third-order valence-corrected chi connectivity index (χ3v) is 2.42. The molecule has 0 fully saturated rings. The number of carboxylic acid groups (broad SMARTS) is 1. The first kappa shape index (κ1) is 13.9. The minimum absolute atomic E-state index is 0.251. The molecule has 0 amide bonds. The summed E-state index contributed by atoms with van der Waals surface area (Å²) < 4.78 is 0. The van der Waals surface area contributed by atoms with Gasteiger partial charge in [-0.25, -0.2) is 4.79 Å². The molecule has 1 aromatic carbocycles. The van der Waals surface area contributed by atoms with Gasteiger partial charge in [-0.05, 0) is 18.6 Å². The first-order chi connectivity index (χ1) is 8.68. The minimum atomic E-state index is -0.942. The van der Waals surface area contributed by atoms with Crippen molar-refractivity contribution in [3.05, 3.63) is 53.9 Å². The Labute approximate surface area is 107 Å². The average Bonchev–Trinajstić information content (AvgIpc) is 2.42. The number of aryl methyl sites for hydroxylation is 1. The van der Waals surface area contributed by atoms with Crippen LogP contribution in [0.25, 0.3) is 11.1 Å². The molecule has 0 saturated carbocycles. The van der Waals surface area contributed by atoms with Gasteiger partial charge in [0.1, 0.15) is 0 Å². The number of aromatic nitrogens is 1. The van der Waals surface area contributed by atoms with Crippen LogP contribution in [0, 0.1) is 6.92 Å². The molecule has 0 spiro atoms. The second-order valence-electron chi connectivity index (χ2n) is 3.53. The second-order valence-corrected chi connectivity index (χ2v) is 3.53. The highest BCUT2D eigenvalue weighted by molar-refractivity contribution is 5.90. The summed E-state index contributed by atoms with van der Waals surface area (Å²) in [5, 5.41) is 9.00. The number of rotatable bonds is 2. The molecule has 1 N–H and O–H groups in total. The molecule has 0 atom stereocenters. The monoisotopic (exact) mass is 243 g/mol. The van der Waals surface area contributed by atoms with E-state index in [-0.39, 0.29) is 5.56 Å². The Bertz CT molecular complexity index is 521. The van der Waals surface area contributed by atoms with Crippen molar-refractivity contribution < 1.29 is 9.90 Å². The van der Waals surface area contributed by atoms with Gasteiger partial charge >= 0.3 is 5.97 Å². The fourth-order valence-electron chi connectivity index (χ4n) is 1.54. The Morgan fingerprint density at radius 2 is 1.72 bits per heavy atom. The van der Waals surface area contributed by atoms with E-state index in [1.54, 1.807) is 19.2 Å². The van der Waals surface area contributed by atoms with Gasteiger partial charge < -0.3 is 5.11 Å².